The Kier molecular flexibility index (Phi) is 3.51. The number of carbonyl (C=O) groups excluding carboxylic acids is 1. The van der Waals surface area contributed by atoms with Crippen molar-refractivity contribution in [2.75, 3.05) is 26.2 Å². The van der Waals surface area contributed by atoms with Gasteiger partial charge in [-0.15, -0.1) is 0 Å². The summed E-state index contributed by atoms with van der Waals surface area (Å²) in [4.78, 5) is 18.4. The van der Waals surface area contributed by atoms with Crippen LogP contribution in [0.25, 0.3) is 0 Å². The Morgan fingerprint density at radius 1 is 1.37 bits per heavy atom. The third-order valence-corrected chi connectivity index (χ3v) is 4.53. The van der Waals surface area contributed by atoms with Gasteiger partial charge in [0.25, 0.3) is 0 Å². The SMILES string of the molecule is O=C(Cc1cccnc1)N1CCC2(CCNCC2)C1. The van der Waals surface area contributed by atoms with Gasteiger partial charge < -0.3 is 10.2 Å². The van der Waals surface area contributed by atoms with Crippen molar-refractivity contribution in [3.63, 3.8) is 0 Å². The number of aromatic nitrogens is 1. The third kappa shape index (κ3) is 2.78. The standard InChI is InChI=1S/C15H21N3O/c19-14(10-13-2-1-6-17-11-13)18-9-5-15(12-18)3-7-16-8-4-15/h1-2,6,11,16H,3-5,7-10,12H2. The van der Waals surface area contributed by atoms with Gasteiger partial charge in [-0.3, -0.25) is 9.78 Å². The molecule has 0 radical (unpaired) electrons. The number of carbonyl (C=O) groups is 1. The van der Waals surface area contributed by atoms with E-state index in [4.69, 9.17) is 0 Å². The molecule has 0 saturated carbocycles. The van der Waals surface area contributed by atoms with Gasteiger partial charge in [-0.05, 0) is 49.4 Å². The number of nitrogens with zero attached hydrogens (tertiary/aromatic N) is 2. The monoisotopic (exact) mass is 259 g/mol. The molecule has 1 spiro atoms. The first kappa shape index (κ1) is 12.6. The van der Waals surface area contributed by atoms with Gasteiger partial charge in [0.1, 0.15) is 0 Å². The van der Waals surface area contributed by atoms with Crippen molar-refractivity contribution in [2.45, 2.75) is 25.7 Å². The topological polar surface area (TPSA) is 45.2 Å². The van der Waals surface area contributed by atoms with Crippen LogP contribution >= 0.6 is 0 Å². The molecular formula is C15H21N3O. The lowest BCUT2D eigenvalue weighted by Crippen LogP contribution is -2.40. The van der Waals surface area contributed by atoms with Crippen LogP contribution < -0.4 is 5.32 Å². The third-order valence-electron chi connectivity index (χ3n) is 4.53. The summed E-state index contributed by atoms with van der Waals surface area (Å²) in [5.74, 6) is 0.253. The molecule has 1 N–H and O–H groups in total. The van der Waals surface area contributed by atoms with Gasteiger partial charge in [-0.25, -0.2) is 0 Å². The van der Waals surface area contributed by atoms with E-state index in [-0.39, 0.29) is 5.91 Å². The highest BCUT2D eigenvalue weighted by molar-refractivity contribution is 5.79. The lowest BCUT2D eigenvalue weighted by Gasteiger charge is -2.33. The van der Waals surface area contributed by atoms with Crippen molar-refractivity contribution in [2.24, 2.45) is 5.41 Å². The molecule has 2 saturated heterocycles. The zero-order valence-electron chi connectivity index (χ0n) is 11.3. The molecule has 0 aromatic carbocycles. The number of pyridine rings is 1. The molecule has 2 fully saturated rings. The van der Waals surface area contributed by atoms with Crippen LogP contribution in [0.4, 0.5) is 0 Å². The van der Waals surface area contributed by atoms with E-state index in [1.165, 1.54) is 19.3 Å². The zero-order valence-corrected chi connectivity index (χ0v) is 11.3. The van der Waals surface area contributed by atoms with Crippen LogP contribution in [0, 0.1) is 5.41 Å². The molecule has 1 aromatic heterocycles. The van der Waals surface area contributed by atoms with Gasteiger partial charge in [0.15, 0.2) is 0 Å². The molecular weight excluding hydrogens is 238 g/mol. The smallest absolute Gasteiger partial charge is 0.227 e. The molecule has 2 aliphatic heterocycles. The van der Waals surface area contributed by atoms with Gasteiger partial charge in [0.2, 0.25) is 5.91 Å². The summed E-state index contributed by atoms with van der Waals surface area (Å²) in [6.45, 7) is 4.09. The van der Waals surface area contributed by atoms with Crippen molar-refractivity contribution >= 4 is 5.91 Å². The molecule has 1 aromatic rings. The number of hydrogen-bond acceptors (Lipinski definition) is 3. The Hall–Kier alpha value is -1.42. The van der Waals surface area contributed by atoms with Crippen molar-refractivity contribution in [1.29, 1.82) is 0 Å². The van der Waals surface area contributed by atoms with Crippen molar-refractivity contribution < 1.29 is 4.79 Å². The van der Waals surface area contributed by atoms with Gasteiger partial charge in [0, 0.05) is 25.5 Å². The van der Waals surface area contributed by atoms with Gasteiger partial charge in [-0.2, -0.15) is 0 Å². The lowest BCUT2D eigenvalue weighted by atomic mass is 9.78. The van der Waals surface area contributed by atoms with E-state index < -0.39 is 0 Å². The number of nitrogens with one attached hydrogen (secondary N) is 1. The summed E-state index contributed by atoms with van der Waals surface area (Å²) in [7, 11) is 0. The van der Waals surface area contributed by atoms with Gasteiger partial charge >= 0.3 is 0 Å². The molecule has 4 heteroatoms. The van der Waals surface area contributed by atoms with Crippen LogP contribution in [0.15, 0.2) is 24.5 Å². The second-order valence-electron chi connectivity index (χ2n) is 5.85. The second-order valence-corrected chi connectivity index (χ2v) is 5.85. The van der Waals surface area contributed by atoms with E-state index in [2.05, 4.69) is 15.2 Å². The molecule has 1 amide bonds. The minimum atomic E-state index is 0.253. The van der Waals surface area contributed by atoms with E-state index in [1.807, 2.05) is 12.1 Å². The summed E-state index contributed by atoms with van der Waals surface area (Å²) in [6, 6.07) is 3.86. The molecule has 3 heterocycles. The maximum atomic E-state index is 12.3. The molecule has 4 nitrogen and oxygen atoms in total. The Bertz CT molecular complexity index is 440. The fourth-order valence-corrected chi connectivity index (χ4v) is 3.30. The van der Waals surface area contributed by atoms with E-state index >= 15 is 0 Å². The highest BCUT2D eigenvalue weighted by Crippen LogP contribution is 2.38. The largest absolute Gasteiger partial charge is 0.342 e. The summed E-state index contributed by atoms with van der Waals surface area (Å²) >= 11 is 0. The van der Waals surface area contributed by atoms with Crippen molar-refractivity contribution in [3.8, 4) is 0 Å². The minimum absolute atomic E-state index is 0.253. The molecule has 0 unspecified atom stereocenters. The number of hydrogen-bond donors (Lipinski definition) is 1. The van der Waals surface area contributed by atoms with Crippen molar-refractivity contribution in [3.05, 3.63) is 30.1 Å². The first-order valence-electron chi connectivity index (χ1n) is 7.15. The van der Waals surface area contributed by atoms with Gasteiger partial charge in [0.05, 0.1) is 6.42 Å². The Labute approximate surface area is 114 Å². The van der Waals surface area contributed by atoms with Crippen LogP contribution in [-0.2, 0) is 11.2 Å². The van der Waals surface area contributed by atoms with Crippen LogP contribution in [0.1, 0.15) is 24.8 Å². The Morgan fingerprint density at radius 3 is 2.95 bits per heavy atom. The zero-order chi connectivity index (χ0) is 13.1. The molecule has 2 aliphatic rings. The first-order valence-corrected chi connectivity index (χ1v) is 7.15. The average Bonchev–Trinajstić information content (AvgIpc) is 2.85. The molecule has 3 rings (SSSR count). The molecule has 0 aliphatic carbocycles. The minimum Gasteiger partial charge on any atom is -0.342 e. The quantitative estimate of drug-likeness (QED) is 0.869. The average molecular weight is 259 g/mol. The number of piperidine rings is 1. The van der Waals surface area contributed by atoms with Crippen LogP contribution in [-0.4, -0.2) is 42.0 Å². The van der Waals surface area contributed by atoms with Crippen LogP contribution in [0.5, 0.6) is 0 Å². The Balaban J connectivity index is 1.60. The van der Waals surface area contributed by atoms with E-state index in [0.717, 1.165) is 31.7 Å². The first-order chi connectivity index (χ1) is 9.27. The predicted octanol–water partition coefficient (Wildman–Crippen LogP) is 1.23. The number of amides is 1. The number of likely N-dealkylation sites (tertiary alicyclic amines) is 1. The fourth-order valence-electron chi connectivity index (χ4n) is 3.30. The van der Waals surface area contributed by atoms with Crippen LogP contribution in [0.3, 0.4) is 0 Å². The molecule has 102 valence electrons. The van der Waals surface area contributed by atoms with E-state index in [0.29, 0.717) is 11.8 Å². The summed E-state index contributed by atoms with van der Waals surface area (Å²) in [5.41, 5.74) is 1.41. The van der Waals surface area contributed by atoms with Crippen molar-refractivity contribution in [1.82, 2.24) is 15.2 Å². The molecule has 19 heavy (non-hydrogen) atoms. The van der Waals surface area contributed by atoms with E-state index in [9.17, 15) is 4.79 Å². The predicted molar refractivity (Wildman–Crippen MR) is 73.7 cm³/mol. The van der Waals surface area contributed by atoms with Gasteiger partial charge in [-0.1, -0.05) is 6.07 Å². The summed E-state index contributed by atoms with van der Waals surface area (Å²) < 4.78 is 0. The molecule has 0 bridgehead atoms. The molecule has 0 atom stereocenters. The lowest BCUT2D eigenvalue weighted by molar-refractivity contribution is -0.129. The highest BCUT2D eigenvalue weighted by atomic mass is 16.2. The maximum absolute atomic E-state index is 12.3. The van der Waals surface area contributed by atoms with Crippen LogP contribution in [0.2, 0.25) is 0 Å². The number of rotatable bonds is 2. The Morgan fingerprint density at radius 2 is 2.21 bits per heavy atom. The summed E-state index contributed by atoms with van der Waals surface area (Å²) in [5, 5.41) is 3.41. The maximum Gasteiger partial charge on any atom is 0.227 e. The summed E-state index contributed by atoms with van der Waals surface area (Å²) in [6.07, 6.45) is 7.62. The second kappa shape index (κ2) is 5.29. The fraction of sp³-hybridized carbons (Fsp3) is 0.600. The highest BCUT2D eigenvalue weighted by Gasteiger charge is 2.40. The van der Waals surface area contributed by atoms with E-state index in [1.54, 1.807) is 12.4 Å². The normalized spacial score (nSPS) is 21.8.